The van der Waals surface area contributed by atoms with Gasteiger partial charge >= 0.3 is 8.25 Å². The van der Waals surface area contributed by atoms with E-state index in [1.54, 1.807) is 0 Å². The van der Waals surface area contributed by atoms with E-state index in [-0.39, 0.29) is 0 Å². The number of nitrogens with one attached hydrogen (secondary N) is 1. The second-order valence-electron chi connectivity index (χ2n) is 8.27. The summed E-state index contributed by atoms with van der Waals surface area (Å²) in [5.74, 6) is 0. The van der Waals surface area contributed by atoms with Crippen molar-refractivity contribution in [2.45, 2.75) is 116 Å². The van der Waals surface area contributed by atoms with Gasteiger partial charge in [-0.1, -0.05) is 134 Å². The van der Waals surface area contributed by atoms with Crippen molar-refractivity contribution in [3.63, 3.8) is 0 Å². The van der Waals surface area contributed by atoms with E-state index in [9.17, 15) is 4.57 Å². The summed E-state index contributed by atoms with van der Waals surface area (Å²) in [5, 5.41) is 0. The molecule has 0 spiro atoms. The average Bonchev–Trinajstić information content (AvgIpc) is 2.77. The summed E-state index contributed by atoms with van der Waals surface area (Å²) in [4.78, 5) is 0. The zero-order chi connectivity index (χ0) is 21.5. The Kier molecular flexibility index (Phi) is 19.5. The van der Waals surface area contributed by atoms with Gasteiger partial charge in [0, 0.05) is 11.1 Å². The van der Waals surface area contributed by atoms with Gasteiger partial charge in [0.2, 0.25) is 0 Å². The first-order valence-corrected chi connectivity index (χ1v) is 13.5. The molecule has 0 bridgehead atoms. The molecule has 1 aromatic rings. The largest absolute Gasteiger partial charge is 0.716 e. The Balaban J connectivity index is 1.73. The topological polar surface area (TPSA) is 47.6 Å². The third-order valence-electron chi connectivity index (χ3n) is 5.45. The van der Waals surface area contributed by atoms with Crippen molar-refractivity contribution in [2.24, 2.45) is 0 Å². The standard InChI is InChI=1S/C25H45NO3P/c1-2-3-4-5-6-7-8-9-10-11-12-13-14-15-16-20-23-26-29-30(27)28-24-25-21-18-17-19-22-25/h17-19,21-22,26H,2-16,20,23-24H2,1H3/q+1. The van der Waals surface area contributed by atoms with Crippen molar-refractivity contribution in [3.8, 4) is 0 Å². The first-order valence-electron chi connectivity index (χ1n) is 12.4. The summed E-state index contributed by atoms with van der Waals surface area (Å²) >= 11 is 0. The number of rotatable bonds is 22. The highest BCUT2D eigenvalue weighted by molar-refractivity contribution is 7.33. The number of unbranched alkanes of at least 4 members (excludes halogenated alkanes) is 15. The van der Waals surface area contributed by atoms with Gasteiger partial charge in [0.05, 0.1) is 0 Å². The summed E-state index contributed by atoms with van der Waals surface area (Å²) in [6, 6.07) is 9.68. The molecule has 0 aromatic heterocycles. The molecule has 0 amide bonds. The van der Waals surface area contributed by atoms with E-state index in [0.717, 1.165) is 12.0 Å². The first kappa shape index (κ1) is 27.2. The SMILES string of the molecule is CCCCCCCCCCCCCCCCCCNO[P+](=O)OCc1ccccc1. The van der Waals surface area contributed by atoms with Gasteiger partial charge in [0.15, 0.2) is 0 Å². The van der Waals surface area contributed by atoms with E-state index >= 15 is 0 Å². The molecule has 0 saturated heterocycles. The van der Waals surface area contributed by atoms with Crippen molar-refractivity contribution in [3.05, 3.63) is 35.9 Å². The average molecular weight is 439 g/mol. The Labute approximate surface area is 186 Å². The number of hydroxylamine groups is 1. The summed E-state index contributed by atoms with van der Waals surface area (Å²) in [7, 11) is -2.11. The first-order chi connectivity index (χ1) is 14.8. The fraction of sp³-hybridized carbons (Fsp3) is 0.760. The zero-order valence-corrected chi connectivity index (χ0v) is 20.2. The van der Waals surface area contributed by atoms with E-state index in [1.165, 1.54) is 96.3 Å². The van der Waals surface area contributed by atoms with Crippen molar-refractivity contribution in [1.82, 2.24) is 5.48 Å². The third-order valence-corrected chi connectivity index (χ3v) is 6.07. The molecule has 1 unspecified atom stereocenters. The van der Waals surface area contributed by atoms with Crippen LogP contribution in [0, 0.1) is 0 Å². The lowest BCUT2D eigenvalue weighted by Crippen LogP contribution is -2.12. The molecule has 0 radical (unpaired) electrons. The van der Waals surface area contributed by atoms with Crippen LogP contribution in [0.5, 0.6) is 0 Å². The van der Waals surface area contributed by atoms with Crippen molar-refractivity contribution in [2.75, 3.05) is 6.54 Å². The van der Waals surface area contributed by atoms with Crippen LogP contribution < -0.4 is 5.48 Å². The van der Waals surface area contributed by atoms with Gasteiger partial charge in [-0.05, 0) is 16.6 Å². The molecule has 1 atom stereocenters. The molecule has 1 rings (SSSR count). The maximum atomic E-state index is 11.6. The lowest BCUT2D eigenvalue weighted by atomic mass is 10.0. The fourth-order valence-electron chi connectivity index (χ4n) is 3.57. The van der Waals surface area contributed by atoms with Gasteiger partial charge in [-0.3, -0.25) is 0 Å². The number of hydrogen-bond acceptors (Lipinski definition) is 4. The Morgan fingerprint density at radius 1 is 0.700 bits per heavy atom. The minimum atomic E-state index is -2.11. The molecule has 1 N–H and O–H groups in total. The van der Waals surface area contributed by atoms with Gasteiger partial charge in [-0.25, -0.2) is 0 Å². The molecule has 4 nitrogen and oxygen atoms in total. The maximum Gasteiger partial charge on any atom is 0.716 e. The summed E-state index contributed by atoms with van der Waals surface area (Å²) in [6.45, 7) is 3.30. The molecule has 0 aliphatic rings. The van der Waals surface area contributed by atoms with Crippen LogP contribution in [0.15, 0.2) is 30.3 Å². The lowest BCUT2D eigenvalue weighted by Gasteiger charge is -2.03. The van der Waals surface area contributed by atoms with Gasteiger partial charge in [0.1, 0.15) is 6.61 Å². The monoisotopic (exact) mass is 438 g/mol. The van der Waals surface area contributed by atoms with Crippen molar-refractivity contribution >= 4 is 8.25 Å². The molecule has 5 heteroatoms. The second-order valence-corrected chi connectivity index (χ2v) is 9.16. The van der Waals surface area contributed by atoms with Crippen LogP contribution in [-0.4, -0.2) is 6.54 Å². The maximum absolute atomic E-state index is 11.6. The van der Waals surface area contributed by atoms with Crippen LogP contribution >= 0.6 is 8.25 Å². The molecule has 172 valence electrons. The Morgan fingerprint density at radius 2 is 1.17 bits per heavy atom. The highest BCUT2D eigenvalue weighted by Gasteiger charge is 2.20. The van der Waals surface area contributed by atoms with Crippen LogP contribution in [0.3, 0.4) is 0 Å². The van der Waals surface area contributed by atoms with Crippen molar-refractivity contribution < 1.29 is 13.7 Å². The molecule has 0 saturated carbocycles. The Morgan fingerprint density at radius 3 is 1.67 bits per heavy atom. The van der Waals surface area contributed by atoms with Crippen LogP contribution in [0.1, 0.15) is 115 Å². The normalized spacial score (nSPS) is 11.7. The molecule has 0 aliphatic carbocycles. The van der Waals surface area contributed by atoms with E-state index < -0.39 is 8.25 Å². The van der Waals surface area contributed by atoms with E-state index in [0.29, 0.717) is 13.2 Å². The minimum Gasteiger partial charge on any atom is -0.149 e. The molecule has 30 heavy (non-hydrogen) atoms. The lowest BCUT2D eigenvalue weighted by molar-refractivity contribution is 0.151. The van der Waals surface area contributed by atoms with Crippen LogP contribution in [0.2, 0.25) is 0 Å². The van der Waals surface area contributed by atoms with E-state index in [1.807, 2.05) is 30.3 Å². The minimum absolute atomic E-state index is 0.302. The molecule has 0 fully saturated rings. The fourth-order valence-corrected chi connectivity index (χ4v) is 4.08. The highest BCUT2D eigenvalue weighted by atomic mass is 31.1. The zero-order valence-electron chi connectivity index (χ0n) is 19.3. The molecule has 0 aliphatic heterocycles. The predicted octanol–water partition coefficient (Wildman–Crippen LogP) is 8.64. The van der Waals surface area contributed by atoms with Crippen LogP contribution in [0.25, 0.3) is 0 Å². The van der Waals surface area contributed by atoms with Gasteiger partial charge in [0.25, 0.3) is 0 Å². The quantitative estimate of drug-likeness (QED) is 0.112. The summed E-state index contributed by atoms with van der Waals surface area (Å²) in [6.07, 6.45) is 21.8. The smallest absolute Gasteiger partial charge is 0.149 e. The highest BCUT2D eigenvalue weighted by Crippen LogP contribution is 2.23. The van der Waals surface area contributed by atoms with Gasteiger partial charge < -0.3 is 0 Å². The van der Waals surface area contributed by atoms with Gasteiger partial charge in [-0.2, -0.15) is 0 Å². The molecule has 0 heterocycles. The summed E-state index contributed by atoms with van der Waals surface area (Å²) in [5.41, 5.74) is 3.75. The molecule has 1 aromatic carbocycles. The third kappa shape index (κ3) is 18.0. The predicted molar refractivity (Wildman–Crippen MR) is 127 cm³/mol. The van der Waals surface area contributed by atoms with E-state index in [2.05, 4.69) is 12.4 Å². The van der Waals surface area contributed by atoms with Crippen LogP contribution in [-0.2, 0) is 20.3 Å². The summed E-state index contributed by atoms with van der Waals surface area (Å²) < 4.78 is 21.8. The number of benzene rings is 1. The number of hydrogen-bond donors (Lipinski definition) is 1. The van der Waals surface area contributed by atoms with Crippen molar-refractivity contribution in [1.29, 1.82) is 0 Å². The van der Waals surface area contributed by atoms with Gasteiger partial charge in [-0.15, -0.1) is 10.0 Å². The van der Waals surface area contributed by atoms with Crippen LogP contribution in [0.4, 0.5) is 0 Å². The Hall–Kier alpha value is -0.800. The molecular weight excluding hydrogens is 393 g/mol. The van der Waals surface area contributed by atoms with E-state index in [4.69, 9.17) is 9.15 Å². The Bertz CT molecular complexity index is 498. The molecular formula is C25H45NO3P+. The second kappa shape index (κ2) is 21.4.